The molecule has 2 N–H and O–H groups in total. The van der Waals surface area contributed by atoms with Crippen LogP contribution in [0, 0.1) is 0 Å². The monoisotopic (exact) mass is 405 g/mol. The van der Waals surface area contributed by atoms with Gasteiger partial charge >= 0.3 is 0 Å². The van der Waals surface area contributed by atoms with Crippen LogP contribution in [0.4, 0.5) is 5.69 Å². The summed E-state index contributed by atoms with van der Waals surface area (Å²) in [7, 11) is 0. The minimum atomic E-state index is -0.226. The lowest BCUT2D eigenvalue weighted by Crippen LogP contribution is -2.11. The molecule has 4 rings (SSSR count). The van der Waals surface area contributed by atoms with Crippen molar-refractivity contribution in [1.29, 1.82) is 0 Å². The average Bonchev–Trinajstić information content (AvgIpc) is 3.44. The molecule has 0 aliphatic heterocycles. The first-order valence-electron chi connectivity index (χ1n) is 10.1. The second kappa shape index (κ2) is 9.21. The number of rotatable bonds is 9. The number of ether oxygens (including phenoxy) is 1. The van der Waals surface area contributed by atoms with Crippen LogP contribution in [0.2, 0.25) is 0 Å². The van der Waals surface area contributed by atoms with Gasteiger partial charge in [0, 0.05) is 10.9 Å². The summed E-state index contributed by atoms with van der Waals surface area (Å²) in [4.78, 5) is 12.7. The molecule has 30 heavy (non-hydrogen) atoms. The van der Waals surface area contributed by atoms with E-state index < -0.39 is 0 Å². The van der Waals surface area contributed by atoms with Gasteiger partial charge in [-0.1, -0.05) is 38.3 Å². The molecule has 0 saturated heterocycles. The molecular weight excluding hydrogens is 382 g/mol. The minimum Gasteiger partial charge on any atom is -0.494 e. The molecule has 2 aromatic heterocycles. The van der Waals surface area contributed by atoms with E-state index in [-0.39, 0.29) is 5.91 Å². The summed E-state index contributed by atoms with van der Waals surface area (Å²) < 4.78 is 11.6. The summed E-state index contributed by atoms with van der Waals surface area (Å²) in [6.45, 7) is 2.87. The molecule has 2 aromatic carbocycles. The van der Waals surface area contributed by atoms with Gasteiger partial charge in [-0.25, -0.2) is 5.10 Å². The maximum absolute atomic E-state index is 12.7. The van der Waals surface area contributed by atoms with E-state index in [0.717, 1.165) is 17.6 Å². The van der Waals surface area contributed by atoms with Crippen LogP contribution in [0.1, 0.15) is 43.0 Å². The molecule has 4 aromatic rings. The molecule has 0 aliphatic carbocycles. The number of para-hydroxylation sites is 1. The van der Waals surface area contributed by atoms with Gasteiger partial charge in [0.1, 0.15) is 5.75 Å². The van der Waals surface area contributed by atoms with Gasteiger partial charge in [0.25, 0.3) is 5.91 Å². The van der Waals surface area contributed by atoms with Gasteiger partial charge in [-0.15, -0.1) is 5.10 Å². The van der Waals surface area contributed by atoms with Crippen molar-refractivity contribution in [3.63, 3.8) is 0 Å². The predicted molar refractivity (Wildman–Crippen MR) is 113 cm³/mol. The highest BCUT2D eigenvalue weighted by Crippen LogP contribution is 2.30. The lowest BCUT2D eigenvalue weighted by molar-refractivity contribution is 0.102. The molecule has 0 fully saturated rings. The van der Waals surface area contributed by atoms with E-state index >= 15 is 0 Å². The number of H-pyrrole nitrogens is 1. The van der Waals surface area contributed by atoms with E-state index in [1.807, 2.05) is 30.3 Å². The summed E-state index contributed by atoms with van der Waals surface area (Å²) in [6, 6.07) is 14.5. The van der Waals surface area contributed by atoms with Gasteiger partial charge in [-0.2, -0.15) is 0 Å². The fraction of sp³-hybridized carbons (Fsp3) is 0.273. The zero-order valence-corrected chi connectivity index (χ0v) is 16.7. The highest BCUT2D eigenvalue weighted by molar-refractivity contribution is 6.08. The Hall–Kier alpha value is -3.68. The fourth-order valence-corrected chi connectivity index (χ4v) is 3.16. The van der Waals surface area contributed by atoms with E-state index in [0.29, 0.717) is 35.0 Å². The van der Waals surface area contributed by atoms with Crippen LogP contribution in [0.25, 0.3) is 22.6 Å². The van der Waals surface area contributed by atoms with Crippen molar-refractivity contribution in [2.75, 3.05) is 11.9 Å². The third kappa shape index (κ3) is 4.48. The first-order chi connectivity index (χ1) is 14.7. The number of carbonyl (C=O) groups is 1. The molecule has 0 saturated carbocycles. The molecule has 0 unspecified atom stereocenters. The van der Waals surface area contributed by atoms with Gasteiger partial charge in [-0.05, 0) is 53.2 Å². The fourth-order valence-electron chi connectivity index (χ4n) is 3.16. The van der Waals surface area contributed by atoms with Gasteiger partial charge in [-0.3, -0.25) is 4.79 Å². The van der Waals surface area contributed by atoms with Crippen LogP contribution < -0.4 is 10.1 Å². The topological polar surface area (TPSA) is 106 Å². The Balaban J connectivity index is 1.43. The van der Waals surface area contributed by atoms with Gasteiger partial charge in [0.05, 0.1) is 12.3 Å². The number of nitrogens with one attached hydrogen (secondary N) is 2. The number of hydrogen-bond donors (Lipinski definition) is 2. The Morgan fingerprint density at radius 2 is 2.00 bits per heavy atom. The number of aromatic amines is 1. The third-order valence-corrected chi connectivity index (χ3v) is 4.75. The van der Waals surface area contributed by atoms with Gasteiger partial charge in [0.2, 0.25) is 5.82 Å². The summed E-state index contributed by atoms with van der Waals surface area (Å²) in [5.74, 6) is 1.46. The minimum absolute atomic E-state index is 0.226. The van der Waals surface area contributed by atoms with Crippen molar-refractivity contribution in [2.45, 2.75) is 32.6 Å². The Bertz CT molecular complexity index is 1100. The number of unbranched alkanes of at least 4 members (excludes halogenated alkanes) is 3. The van der Waals surface area contributed by atoms with Gasteiger partial charge < -0.3 is 14.5 Å². The van der Waals surface area contributed by atoms with Crippen molar-refractivity contribution in [3.05, 3.63) is 54.1 Å². The molecule has 0 spiro atoms. The van der Waals surface area contributed by atoms with Crippen molar-refractivity contribution >= 4 is 22.6 Å². The normalized spacial score (nSPS) is 11.0. The van der Waals surface area contributed by atoms with E-state index in [1.165, 1.54) is 19.3 Å². The van der Waals surface area contributed by atoms with Crippen molar-refractivity contribution < 1.29 is 13.9 Å². The highest BCUT2D eigenvalue weighted by Gasteiger charge is 2.14. The number of amides is 1. The standard InChI is InChI=1S/C22H23N5O3/c1-2-3-4-5-13-29-17-11-9-15(10-12-17)22(28)23-18-8-6-7-16-14-19(30-20(16)18)21-24-26-27-25-21/h6-12,14H,2-5,13H2,1H3,(H,23,28)(H,24,25,26,27). The van der Waals surface area contributed by atoms with Crippen LogP contribution in [0.3, 0.4) is 0 Å². The maximum atomic E-state index is 12.7. The Kier molecular flexibility index (Phi) is 6.03. The second-order valence-corrected chi connectivity index (χ2v) is 6.97. The second-order valence-electron chi connectivity index (χ2n) is 6.97. The number of benzene rings is 2. The first kappa shape index (κ1) is 19.6. The van der Waals surface area contributed by atoms with Crippen molar-refractivity contribution in [3.8, 4) is 17.3 Å². The van der Waals surface area contributed by atoms with Crippen molar-refractivity contribution in [2.24, 2.45) is 0 Å². The van der Waals surface area contributed by atoms with Crippen molar-refractivity contribution in [1.82, 2.24) is 20.6 Å². The average molecular weight is 405 g/mol. The van der Waals surface area contributed by atoms with E-state index in [4.69, 9.17) is 9.15 Å². The Morgan fingerprint density at radius 1 is 1.13 bits per heavy atom. The van der Waals surface area contributed by atoms with Crippen LogP contribution in [0.5, 0.6) is 5.75 Å². The highest BCUT2D eigenvalue weighted by atomic mass is 16.5. The molecule has 0 atom stereocenters. The number of aromatic nitrogens is 4. The van der Waals surface area contributed by atoms with E-state index in [9.17, 15) is 4.79 Å². The summed E-state index contributed by atoms with van der Waals surface area (Å²) in [6.07, 6.45) is 4.63. The summed E-state index contributed by atoms with van der Waals surface area (Å²) >= 11 is 0. The molecular formula is C22H23N5O3. The van der Waals surface area contributed by atoms with Crippen LogP contribution in [-0.4, -0.2) is 33.1 Å². The van der Waals surface area contributed by atoms with Gasteiger partial charge in [0.15, 0.2) is 11.3 Å². The van der Waals surface area contributed by atoms with Crippen LogP contribution in [-0.2, 0) is 0 Å². The predicted octanol–water partition coefficient (Wildman–Crippen LogP) is 4.82. The number of carbonyl (C=O) groups excluding carboxylic acids is 1. The summed E-state index contributed by atoms with van der Waals surface area (Å²) in [5, 5.41) is 17.4. The number of nitrogens with zero attached hydrogens (tertiary/aromatic N) is 3. The molecule has 154 valence electrons. The number of fused-ring (bicyclic) bond motifs is 1. The molecule has 0 aliphatic rings. The molecule has 0 bridgehead atoms. The quantitative estimate of drug-likeness (QED) is 0.387. The first-order valence-corrected chi connectivity index (χ1v) is 10.1. The molecule has 8 nitrogen and oxygen atoms in total. The molecule has 1 amide bonds. The SMILES string of the molecule is CCCCCCOc1ccc(C(=O)Nc2cccc3cc(-c4nnn[nH]4)oc23)cc1. The third-order valence-electron chi connectivity index (χ3n) is 4.75. The zero-order chi connectivity index (χ0) is 20.8. The Morgan fingerprint density at radius 3 is 2.77 bits per heavy atom. The largest absolute Gasteiger partial charge is 0.494 e. The molecule has 0 radical (unpaired) electrons. The summed E-state index contributed by atoms with van der Waals surface area (Å²) in [5.41, 5.74) is 1.67. The number of hydrogen-bond acceptors (Lipinski definition) is 6. The molecule has 2 heterocycles. The maximum Gasteiger partial charge on any atom is 0.255 e. The smallest absolute Gasteiger partial charge is 0.255 e. The number of furan rings is 1. The lowest BCUT2D eigenvalue weighted by atomic mass is 10.2. The molecule has 8 heteroatoms. The lowest BCUT2D eigenvalue weighted by Gasteiger charge is -2.08. The van der Waals surface area contributed by atoms with Crippen LogP contribution in [0.15, 0.2) is 52.9 Å². The zero-order valence-electron chi connectivity index (χ0n) is 16.7. The Labute approximate surface area is 173 Å². The van der Waals surface area contributed by atoms with E-state index in [1.54, 1.807) is 18.2 Å². The van der Waals surface area contributed by atoms with E-state index in [2.05, 4.69) is 32.9 Å². The number of tetrazole rings is 1. The van der Waals surface area contributed by atoms with Crippen LogP contribution >= 0.6 is 0 Å². The number of anilines is 1.